The van der Waals surface area contributed by atoms with Gasteiger partial charge in [-0.1, -0.05) is 6.92 Å². The number of hydrogen-bond acceptors (Lipinski definition) is 5. The van der Waals surface area contributed by atoms with E-state index in [1.807, 2.05) is 20.9 Å². The lowest BCUT2D eigenvalue weighted by atomic mass is 9.98. The van der Waals surface area contributed by atoms with Crippen LogP contribution in [0.15, 0.2) is 0 Å². The molecular weight excluding hydrogens is 308 g/mol. The molecule has 1 saturated heterocycles. The van der Waals surface area contributed by atoms with Crippen molar-refractivity contribution in [2.45, 2.75) is 33.1 Å². The Kier molecular flexibility index (Phi) is 5.59. The highest BCUT2D eigenvalue weighted by Gasteiger charge is 2.28. The van der Waals surface area contributed by atoms with Crippen LogP contribution in [0.5, 0.6) is 0 Å². The van der Waals surface area contributed by atoms with E-state index in [2.05, 4.69) is 15.0 Å². The SMILES string of the molecule is CCc1nc(NS(=O)(=O)N2CCC(CNC)CC2)sc1C. The summed E-state index contributed by atoms with van der Waals surface area (Å²) in [5, 5.41) is 3.63. The first-order chi connectivity index (χ1) is 9.96. The van der Waals surface area contributed by atoms with Crippen LogP contribution >= 0.6 is 11.3 Å². The summed E-state index contributed by atoms with van der Waals surface area (Å²) in [6.45, 7) is 6.09. The van der Waals surface area contributed by atoms with E-state index >= 15 is 0 Å². The Labute approximate surface area is 131 Å². The monoisotopic (exact) mass is 332 g/mol. The number of thiazole rings is 1. The van der Waals surface area contributed by atoms with Gasteiger partial charge >= 0.3 is 10.2 Å². The minimum Gasteiger partial charge on any atom is -0.319 e. The fraction of sp³-hybridized carbons (Fsp3) is 0.769. The Morgan fingerprint density at radius 3 is 2.57 bits per heavy atom. The molecule has 1 aliphatic heterocycles. The van der Waals surface area contributed by atoms with Gasteiger partial charge in [-0.25, -0.2) is 9.71 Å². The van der Waals surface area contributed by atoms with E-state index in [-0.39, 0.29) is 0 Å². The summed E-state index contributed by atoms with van der Waals surface area (Å²) in [5.41, 5.74) is 0.963. The van der Waals surface area contributed by atoms with Gasteiger partial charge in [0.25, 0.3) is 0 Å². The van der Waals surface area contributed by atoms with Crippen LogP contribution in [0.4, 0.5) is 5.13 Å². The Hall–Kier alpha value is -0.700. The summed E-state index contributed by atoms with van der Waals surface area (Å²) < 4.78 is 28.9. The lowest BCUT2D eigenvalue weighted by molar-refractivity contribution is 0.272. The third kappa shape index (κ3) is 4.15. The van der Waals surface area contributed by atoms with Crippen LogP contribution in [-0.2, 0) is 16.6 Å². The Morgan fingerprint density at radius 2 is 2.05 bits per heavy atom. The first kappa shape index (κ1) is 16.7. The van der Waals surface area contributed by atoms with Crippen molar-refractivity contribution in [3.05, 3.63) is 10.6 Å². The Morgan fingerprint density at radius 1 is 1.38 bits per heavy atom. The van der Waals surface area contributed by atoms with Crippen molar-refractivity contribution in [3.8, 4) is 0 Å². The summed E-state index contributed by atoms with van der Waals surface area (Å²) in [6, 6.07) is 0. The summed E-state index contributed by atoms with van der Waals surface area (Å²) >= 11 is 1.40. The third-order valence-electron chi connectivity index (χ3n) is 3.85. The van der Waals surface area contributed by atoms with Gasteiger partial charge in [0.05, 0.1) is 5.69 Å². The molecule has 0 saturated carbocycles. The normalized spacial score (nSPS) is 18.0. The molecule has 0 unspecified atom stereocenters. The molecule has 0 amide bonds. The predicted molar refractivity (Wildman–Crippen MR) is 87.0 cm³/mol. The fourth-order valence-corrected chi connectivity index (χ4v) is 4.94. The number of aromatic nitrogens is 1. The van der Waals surface area contributed by atoms with Crippen LogP contribution in [0, 0.1) is 12.8 Å². The molecule has 6 nitrogen and oxygen atoms in total. The lowest BCUT2D eigenvalue weighted by Gasteiger charge is -2.30. The van der Waals surface area contributed by atoms with Crippen LogP contribution < -0.4 is 10.0 Å². The van der Waals surface area contributed by atoms with Gasteiger partial charge in [0.1, 0.15) is 0 Å². The molecule has 8 heteroatoms. The van der Waals surface area contributed by atoms with Crippen molar-refractivity contribution in [2.24, 2.45) is 5.92 Å². The van der Waals surface area contributed by atoms with Gasteiger partial charge in [0.2, 0.25) is 0 Å². The molecule has 1 aliphatic rings. The molecule has 0 bridgehead atoms. The minimum absolute atomic E-state index is 0.474. The van der Waals surface area contributed by atoms with Crippen LogP contribution in [-0.4, -0.2) is 44.4 Å². The highest BCUT2D eigenvalue weighted by atomic mass is 32.2. The maximum absolute atomic E-state index is 12.4. The van der Waals surface area contributed by atoms with Gasteiger partial charge < -0.3 is 5.32 Å². The summed E-state index contributed by atoms with van der Waals surface area (Å²) in [4.78, 5) is 5.42. The van der Waals surface area contributed by atoms with E-state index in [0.717, 1.165) is 36.4 Å². The van der Waals surface area contributed by atoms with E-state index in [1.165, 1.54) is 15.6 Å². The Bertz CT molecular complexity index is 563. The fourth-order valence-electron chi connectivity index (χ4n) is 2.62. The molecule has 1 aromatic rings. The maximum atomic E-state index is 12.4. The van der Waals surface area contributed by atoms with Crippen molar-refractivity contribution < 1.29 is 8.42 Å². The van der Waals surface area contributed by atoms with Crippen molar-refractivity contribution in [1.29, 1.82) is 0 Å². The van der Waals surface area contributed by atoms with Gasteiger partial charge in [-0.05, 0) is 45.7 Å². The van der Waals surface area contributed by atoms with Gasteiger partial charge in [0, 0.05) is 18.0 Å². The number of nitrogens with one attached hydrogen (secondary N) is 2. The summed E-state index contributed by atoms with van der Waals surface area (Å²) in [5.74, 6) is 0.565. The third-order valence-corrected chi connectivity index (χ3v) is 6.40. The van der Waals surface area contributed by atoms with E-state index in [9.17, 15) is 8.42 Å². The minimum atomic E-state index is -3.48. The molecule has 0 atom stereocenters. The highest BCUT2D eigenvalue weighted by Crippen LogP contribution is 2.25. The number of nitrogens with zero attached hydrogens (tertiary/aromatic N) is 2. The van der Waals surface area contributed by atoms with E-state index < -0.39 is 10.2 Å². The molecule has 0 spiro atoms. The zero-order valence-electron chi connectivity index (χ0n) is 12.8. The van der Waals surface area contributed by atoms with Crippen LogP contribution in [0.25, 0.3) is 0 Å². The average molecular weight is 332 g/mol. The van der Waals surface area contributed by atoms with Crippen molar-refractivity contribution in [3.63, 3.8) is 0 Å². The smallest absolute Gasteiger partial charge is 0.303 e. The van der Waals surface area contributed by atoms with Crippen LogP contribution in [0.3, 0.4) is 0 Å². The van der Waals surface area contributed by atoms with Crippen molar-refractivity contribution in [2.75, 3.05) is 31.4 Å². The molecule has 21 heavy (non-hydrogen) atoms. The number of aryl methyl sites for hydroxylation is 2. The quantitative estimate of drug-likeness (QED) is 0.830. The maximum Gasteiger partial charge on any atom is 0.303 e. The average Bonchev–Trinajstić information content (AvgIpc) is 2.79. The topological polar surface area (TPSA) is 74.3 Å². The second kappa shape index (κ2) is 7.04. The molecule has 1 aromatic heterocycles. The molecule has 0 aliphatic carbocycles. The van der Waals surface area contributed by atoms with E-state index in [4.69, 9.17) is 0 Å². The number of hydrogen-bond donors (Lipinski definition) is 2. The molecule has 2 heterocycles. The molecule has 0 radical (unpaired) electrons. The van der Waals surface area contributed by atoms with Gasteiger partial charge in [0.15, 0.2) is 5.13 Å². The largest absolute Gasteiger partial charge is 0.319 e. The van der Waals surface area contributed by atoms with E-state index in [0.29, 0.717) is 24.1 Å². The zero-order chi connectivity index (χ0) is 15.5. The highest BCUT2D eigenvalue weighted by molar-refractivity contribution is 7.90. The standard InChI is InChI=1S/C13H24N4O2S2/c1-4-12-10(2)20-13(15-12)16-21(18,19)17-7-5-11(6-8-17)9-14-3/h11,14H,4-9H2,1-3H3,(H,15,16). The molecule has 1 fully saturated rings. The number of rotatable bonds is 6. The van der Waals surface area contributed by atoms with E-state index in [1.54, 1.807) is 0 Å². The van der Waals surface area contributed by atoms with Gasteiger partial charge in [-0.15, -0.1) is 11.3 Å². The number of anilines is 1. The van der Waals surface area contributed by atoms with Crippen molar-refractivity contribution in [1.82, 2.24) is 14.6 Å². The van der Waals surface area contributed by atoms with Crippen LogP contribution in [0.2, 0.25) is 0 Å². The second-order valence-electron chi connectivity index (χ2n) is 5.38. The molecule has 2 N–H and O–H groups in total. The molecule has 2 rings (SSSR count). The van der Waals surface area contributed by atoms with Crippen molar-refractivity contribution >= 4 is 26.7 Å². The first-order valence-corrected chi connectivity index (χ1v) is 9.60. The molecular formula is C13H24N4O2S2. The molecule has 120 valence electrons. The first-order valence-electron chi connectivity index (χ1n) is 7.35. The Balaban J connectivity index is 1.99. The zero-order valence-corrected chi connectivity index (χ0v) is 14.5. The van der Waals surface area contributed by atoms with Crippen LogP contribution in [0.1, 0.15) is 30.3 Å². The van der Waals surface area contributed by atoms with Gasteiger partial charge in [-0.3, -0.25) is 0 Å². The second-order valence-corrected chi connectivity index (χ2v) is 8.26. The lowest BCUT2D eigenvalue weighted by Crippen LogP contribution is -2.43. The summed E-state index contributed by atoms with van der Waals surface area (Å²) in [6.07, 6.45) is 2.62. The number of piperidine rings is 1. The molecule has 0 aromatic carbocycles. The predicted octanol–water partition coefficient (Wildman–Crippen LogP) is 1.60. The summed E-state index contributed by atoms with van der Waals surface area (Å²) in [7, 11) is -1.54. The van der Waals surface area contributed by atoms with Gasteiger partial charge in [-0.2, -0.15) is 12.7 Å².